The number of piperazine rings is 1. The third kappa shape index (κ3) is 6.19. The van der Waals surface area contributed by atoms with Crippen LogP contribution in [0.1, 0.15) is 41.5 Å². The minimum atomic E-state index is -1.84. The number of nitrogens with zero attached hydrogens (tertiary/aromatic N) is 3. The maximum absolute atomic E-state index is 13.8. The lowest BCUT2D eigenvalue weighted by atomic mass is 10.0. The van der Waals surface area contributed by atoms with Gasteiger partial charge in [-0.05, 0) is 41.9 Å². The van der Waals surface area contributed by atoms with Crippen LogP contribution in [-0.2, 0) is 11.0 Å². The lowest BCUT2D eigenvalue weighted by Crippen LogP contribution is -2.48. The molecule has 0 radical (unpaired) electrons. The maximum Gasteiger partial charge on any atom is 0.256 e. The molecule has 2 heterocycles. The second-order valence-electron chi connectivity index (χ2n) is 11.5. The van der Waals surface area contributed by atoms with Gasteiger partial charge < -0.3 is 24.5 Å². The van der Waals surface area contributed by atoms with E-state index in [1.54, 1.807) is 6.07 Å². The predicted molar refractivity (Wildman–Crippen MR) is 156 cm³/mol. The maximum atomic E-state index is 13.8. The van der Waals surface area contributed by atoms with E-state index >= 15 is 0 Å². The molecule has 8 heteroatoms. The van der Waals surface area contributed by atoms with Crippen molar-refractivity contribution in [3.8, 4) is 11.1 Å². The predicted octanol–water partition coefficient (Wildman–Crippen LogP) is 5.24. The fraction of sp³-hybridized carbons (Fsp3) is 0.400. The Kier molecular flexibility index (Phi) is 8.13. The molecule has 1 saturated heterocycles. The highest BCUT2D eigenvalue weighted by Gasteiger charge is 2.37. The van der Waals surface area contributed by atoms with Gasteiger partial charge in [-0.2, -0.15) is 0 Å². The van der Waals surface area contributed by atoms with Gasteiger partial charge in [0.2, 0.25) is 5.91 Å². The van der Waals surface area contributed by atoms with E-state index in [0.717, 1.165) is 16.8 Å². The van der Waals surface area contributed by atoms with Crippen LogP contribution in [0.3, 0.4) is 0 Å². The lowest BCUT2D eigenvalue weighted by Gasteiger charge is -2.36. The molecule has 1 aliphatic rings. The molecular weight excluding hydrogens is 492 g/mol. The van der Waals surface area contributed by atoms with Gasteiger partial charge in [-0.15, -0.1) is 0 Å². The van der Waals surface area contributed by atoms with Crippen LogP contribution < -0.4 is 10.6 Å². The fourth-order valence-corrected chi connectivity index (χ4v) is 5.51. The fourth-order valence-electron chi connectivity index (χ4n) is 4.47. The minimum Gasteiger partial charge on any atom is -0.415 e. The molecular formula is C30H40N4O3Si. The van der Waals surface area contributed by atoms with E-state index in [9.17, 15) is 9.59 Å². The highest BCUT2D eigenvalue weighted by atomic mass is 28.4. The Labute approximate surface area is 227 Å². The summed E-state index contributed by atoms with van der Waals surface area (Å²) in [5, 5.41) is 0.156. The smallest absolute Gasteiger partial charge is 0.256 e. The van der Waals surface area contributed by atoms with E-state index in [1.807, 2.05) is 59.6 Å². The number of carbonyl (C=O) groups excluding carboxylic acids is 2. The van der Waals surface area contributed by atoms with Gasteiger partial charge in [-0.1, -0.05) is 57.2 Å². The summed E-state index contributed by atoms with van der Waals surface area (Å²) in [6, 6.07) is 17.4. The summed E-state index contributed by atoms with van der Waals surface area (Å²) in [7, 11) is -1.84. The third-order valence-corrected chi connectivity index (χ3v) is 12.4. The van der Waals surface area contributed by atoms with Crippen molar-refractivity contribution in [2.24, 2.45) is 5.73 Å². The lowest BCUT2D eigenvalue weighted by molar-refractivity contribution is 0.0747. The second-order valence-corrected chi connectivity index (χ2v) is 16.3. The van der Waals surface area contributed by atoms with E-state index in [0.29, 0.717) is 50.5 Å². The third-order valence-electron chi connectivity index (χ3n) is 7.88. The number of amides is 2. The number of primary amides is 1. The Morgan fingerprint density at radius 3 is 2.26 bits per heavy atom. The van der Waals surface area contributed by atoms with Crippen LogP contribution in [0, 0.1) is 0 Å². The van der Waals surface area contributed by atoms with Crippen LogP contribution in [-0.4, -0.2) is 62.4 Å². The van der Waals surface area contributed by atoms with Crippen LogP contribution in [0.5, 0.6) is 0 Å². The number of hydrogen-bond donors (Lipinski definition) is 1. The van der Waals surface area contributed by atoms with E-state index in [2.05, 4.69) is 49.5 Å². The van der Waals surface area contributed by atoms with Gasteiger partial charge in [-0.3, -0.25) is 9.59 Å². The number of nitrogens with two attached hydrogens (primary N) is 1. The molecule has 1 aromatic heterocycles. The van der Waals surface area contributed by atoms with E-state index in [4.69, 9.17) is 10.2 Å². The Hall–Kier alpha value is -3.36. The second kappa shape index (κ2) is 11.2. The Bertz CT molecular complexity index is 1270. The first-order chi connectivity index (χ1) is 18.0. The average Bonchev–Trinajstić information content (AvgIpc) is 3.32. The van der Waals surface area contributed by atoms with Crippen molar-refractivity contribution in [3.63, 3.8) is 0 Å². The molecule has 1 aliphatic heterocycles. The zero-order valence-electron chi connectivity index (χ0n) is 23.2. The molecule has 1 fully saturated rings. The molecule has 3 aromatic rings. The molecule has 202 valence electrons. The highest BCUT2D eigenvalue weighted by Crippen LogP contribution is 2.36. The highest BCUT2D eigenvalue weighted by molar-refractivity contribution is 6.74. The summed E-state index contributed by atoms with van der Waals surface area (Å²) >= 11 is 0. The topological polar surface area (TPSA) is 80.8 Å². The van der Waals surface area contributed by atoms with Crippen molar-refractivity contribution in [1.29, 1.82) is 0 Å². The number of rotatable bonds is 8. The minimum absolute atomic E-state index is 0.0402. The number of hydrogen-bond acceptors (Lipinski definition) is 4. The van der Waals surface area contributed by atoms with Crippen LogP contribution in [0.2, 0.25) is 18.1 Å². The summed E-state index contributed by atoms with van der Waals surface area (Å²) in [4.78, 5) is 29.5. The summed E-state index contributed by atoms with van der Waals surface area (Å²) in [6.07, 6.45) is 4.05. The van der Waals surface area contributed by atoms with E-state index in [-0.39, 0.29) is 10.9 Å². The van der Waals surface area contributed by atoms with Crippen LogP contribution in [0.4, 0.5) is 5.69 Å². The molecule has 0 spiro atoms. The summed E-state index contributed by atoms with van der Waals surface area (Å²) in [5.41, 5.74) is 9.59. The largest absolute Gasteiger partial charge is 0.415 e. The van der Waals surface area contributed by atoms with Crippen LogP contribution in [0.25, 0.3) is 11.1 Å². The van der Waals surface area contributed by atoms with Gasteiger partial charge in [-0.25, -0.2) is 0 Å². The van der Waals surface area contributed by atoms with E-state index in [1.165, 1.54) is 0 Å². The normalized spacial score (nSPS) is 14.6. The summed E-state index contributed by atoms with van der Waals surface area (Å²) in [6.45, 7) is 15.2. The molecule has 2 N–H and O–H groups in total. The van der Waals surface area contributed by atoms with Gasteiger partial charge in [0.05, 0.1) is 12.2 Å². The van der Waals surface area contributed by atoms with Crippen molar-refractivity contribution in [2.45, 2.75) is 45.4 Å². The number of aromatic nitrogens is 1. The molecule has 2 amide bonds. The molecule has 4 rings (SSSR count). The molecule has 0 aliphatic carbocycles. The summed E-state index contributed by atoms with van der Waals surface area (Å²) < 4.78 is 8.49. The first-order valence-electron chi connectivity index (χ1n) is 13.3. The van der Waals surface area contributed by atoms with Crippen molar-refractivity contribution < 1.29 is 14.0 Å². The number of carbonyl (C=O) groups is 2. The molecule has 38 heavy (non-hydrogen) atoms. The van der Waals surface area contributed by atoms with Crippen molar-refractivity contribution in [2.75, 3.05) is 37.7 Å². The van der Waals surface area contributed by atoms with Crippen molar-refractivity contribution in [3.05, 3.63) is 78.1 Å². The zero-order valence-corrected chi connectivity index (χ0v) is 24.2. The van der Waals surface area contributed by atoms with Gasteiger partial charge in [0.25, 0.3) is 5.91 Å². The first-order valence-corrected chi connectivity index (χ1v) is 16.2. The Balaban J connectivity index is 1.48. The molecule has 7 nitrogen and oxygen atoms in total. The van der Waals surface area contributed by atoms with Crippen LogP contribution in [0.15, 0.2) is 67.0 Å². The molecule has 0 saturated carbocycles. The van der Waals surface area contributed by atoms with Gasteiger partial charge >= 0.3 is 0 Å². The molecule has 2 aromatic carbocycles. The van der Waals surface area contributed by atoms with Crippen LogP contribution >= 0.6 is 0 Å². The van der Waals surface area contributed by atoms with E-state index < -0.39 is 14.2 Å². The Morgan fingerprint density at radius 1 is 0.947 bits per heavy atom. The van der Waals surface area contributed by atoms with Gasteiger partial charge in [0, 0.05) is 61.9 Å². The quantitative estimate of drug-likeness (QED) is 0.403. The van der Waals surface area contributed by atoms with Gasteiger partial charge in [0.1, 0.15) is 0 Å². The SMILES string of the molecule is CC(C)(C)[Si](C)(C)OCCn1cc(C(=O)N2CCN(c3cccc(C(N)=O)c3)CC2)c(-c2ccccc2)c1. The molecule has 0 unspecified atom stereocenters. The van der Waals surface area contributed by atoms with Gasteiger partial charge in [0.15, 0.2) is 8.32 Å². The number of benzene rings is 2. The molecule has 0 bridgehead atoms. The van der Waals surface area contributed by atoms with Crippen molar-refractivity contribution >= 4 is 25.8 Å². The zero-order chi connectivity index (χ0) is 27.5. The standard InChI is InChI=1S/C30H40N4O3Si/c1-30(2,3)38(4,5)37-19-18-32-21-26(23-10-7-6-8-11-23)27(22-32)29(36)34-16-14-33(15-17-34)25-13-9-12-24(20-25)28(31)35/h6-13,20-22H,14-19H2,1-5H3,(H2,31,35). The number of anilines is 1. The Morgan fingerprint density at radius 2 is 1.63 bits per heavy atom. The first kappa shape index (κ1) is 27.7. The average molecular weight is 533 g/mol. The monoisotopic (exact) mass is 532 g/mol. The van der Waals surface area contributed by atoms with Crippen molar-refractivity contribution in [1.82, 2.24) is 9.47 Å². The summed E-state index contributed by atoms with van der Waals surface area (Å²) in [5.74, 6) is -0.396. The molecule has 0 atom stereocenters.